The molecule has 3 aromatic rings. The van der Waals surface area contributed by atoms with Crippen LogP contribution in [0.25, 0.3) is 5.69 Å². The van der Waals surface area contributed by atoms with Gasteiger partial charge in [0.15, 0.2) is 5.78 Å². The van der Waals surface area contributed by atoms with Gasteiger partial charge in [-0.3, -0.25) is 9.59 Å². The monoisotopic (exact) mass is 397 g/mol. The summed E-state index contributed by atoms with van der Waals surface area (Å²) in [6, 6.07) is 13.2. The highest BCUT2D eigenvalue weighted by Crippen LogP contribution is 2.25. The summed E-state index contributed by atoms with van der Waals surface area (Å²) < 4.78 is 1.44. The van der Waals surface area contributed by atoms with Crippen molar-refractivity contribution in [1.82, 2.24) is 19.7 Å². The molecule has 0 aliphatic rings. The van der Waals surface area contributed by atoms with Gasteiger partial charge in [0.2, 0.25) is 5.82 Å². The van der Waals surface area contributed by atoms with Crippen molar-refractivity contribution in [2.45, 2.75) is 13.0 Å². The highest BCUT2D eigenvalue weighted by Gasteiger charge is 2.24. The Bertz CT molecular complexity index is 1030. The van der Waals surface area contributed by atoms with Crippen molar-refractivity contribution >= 4 is 23.3 Å². The average molecular weight is 398 g/mol. The van der Waals surface area contributed by atoms with E-state index >= 15 is 0 Å². The van der Waals surface area contributed by atoms with Crippen LogP contribution in [0.3, 0.4) is 0 Å². The maximum absolute atomic E-state index is 13.1. The Kier molecular flexibility index (Phi) is 5.58. The van der Waals surface area contributed by atoms with E-state index in [0.29, 0.717) is 27.7 Å². The largest absolute Gasteiger partial charge is 0.342 e. The fourth-order valence-electron chi connectivity index (χ4n) is 2.71. The number of hydrogen-bond acceptors (Lipinski definition) is 5. The Morgan fingerprint density at radius 1 is 1.14 bits per heavy atom. The van der Waals surface area contributed by atoms with Gasteiger partial charge in [-0.25, -0.2) is 9.67 Å². The molecular formula is C20H20ClN5O2. The predicted molar refractivity (Wildman–Crippen MR) is 107 cm³/mol. The second-order valence-corrected chi connectivity index (χ2v) is 6.99. The molecule has 3 rings (SSSR count). The van der Waals surface area contributed by atoms with Crippen molar-refractivity contribution in [3.63, 3.8) is 0 Å². The van der Waals surface area contributed by atoms with Crippen LogP contribution in [0.2, 0.25) is 5.02 Å². The Hall–Kier alpha value is -3.03. The summed E-state index contributed by atoms with van der Waals surface area (Å²) in [6.07, 6.45) is 0. The van der Waals surface area contributed by atoms with E-state index in [1.807, 2.05) is 6.07 Å². The molecule has 8 heteroatoms. The number of nitrogens with zero attached hydrogens (tertiary/aromatic N) is 4. The summed E-state index contributed by atoms with van der Waals surface area (Å²) in [7, 11) is 3.22. The minimum Gasteiger partial charge on any atom is -0.342 e. The van der Waals surface area contributed by atoms with Crippen LogP contribution in [0.4, 0.5) is 0 Å². The van der Waals surface area contributed by atoms with Crippen molar-refractivity contribution in [3.8, 4) is 5.69 Å². The molecule has 2 aromatic carbocycles. The number of aromatic nitrogens is 3. The van der Waals surface area contributed by atoms with Crippen LogP contribution in [-0.2, 0) is 0 Å². The number of carbonyl (C=O) groups excluding carboxylic acids is 2. The molecule has 2 N–H and O–H groups in total. The lowest BCUT2D eigenvalue weighted by Gasteiger charge is -2.13. The number of halogens is 1. The summed E-state index contributed by atoms with van der Waals surface area (Å²) in [4.78, 5) is 31.1. The highest BCUT2D eigenvalue weighted by molar-refractivity contribution is 6.31. The van der Waals surface area contributed by atoms with Crippen molar-refractivity contribution < 1.29 is 9.59 Å². The molecule has 0 spiro atoms. The topological polar surface area (TPSA) is 94.1 Å². The van der Waals surface area contributed by atoms with E-state index in [4.69, 9.17) is 17.3 Å². The third kappa shape index (κ3) is 3.81. The van der Waals surface area contributed by atoms with Gasteiger partial charge in [0.05, 0.1) is 11.7 Å². The van der Waals surface area contributed by atoms with E-state index in [0.717, 1.165) is 0 Å². The Morgan fingerprint density at radius 2 is 1.82 bits per heavy atom. The zero-order valence-electron chi connectivity index (χ0n) is 15.8. The van der Waals surface area contributed by atoms with Crippen LogP contribution in [0.15, 0.2) is 48.5 Å². The normalized spacial score (nSPS) is 11.9. The van der Waals surface area contributed by atoms with E-state index in [1.165, 1.54) is 9.58 Å². The van der Waals surface area contributed by atoms with Crippen LogP contribution >= 0.6 is 11.6 Å². The van der Waals surface area contributed by atoms with Crippen molar-refractivity contribution in [2.75, 3.05) is 14.1 Å². The van der Waals surface area contributed by atoms with Crippen molar-refractivity contribution in [1.29, 1.82) is 0 Å². The molecule has 1 atom stereocenters. The summed E-state index contributed by atoms with van der Waals surface area (Å²) in [6.45, 7) is 1.74. The van der Waals surface area contributed by atoms with Crippen LogP contribution < -0.4 is 5.73 Å². The van der Waals surface area contributed by atoms with Gasteiger partial charge >= 0.3 is 0 Å². The molecule has 1 unspecified atom stereocenters. The highest BCUT2D eigenvalue weighted by atomic mass is 35.5. The minimum atomic E-state index is -0.508. The molecule has 0 aliphatic carbocycles. The molecule has 0 aliphatic heterocycles. The van der Waals surface area contributed by atoms with Gasteiger partial charge in [-0.1, -0.05) is 41.9 Å². The van der Waals surface area contributed by atoms with Gasteiger partial charge in [-0.15, -0.1) is 5.10 Å². The lowest BCUT2D eigenvalue weighted by Crippen LogP contribution is -2.23. The molecule has 1 heterocycles. The second kappa shape index (κ2) is 7.92. The SMILES string of the molecule is CC(N)c1nc(C(=O)N(C)C)nn1-c1ccc(Cl)cc1C(=O)c1ccccc1. The number of carbonyl (C=O) groups is 2. The minimum absolute atomic E-state index is 0.00496. The van der Waals surface area contributed by atoms with Crippen LogP contribution in [0.1, 0.15) is 45.3 Å². The number of amides is 1. The van der Waals surface area contributed by atoms with Crippen LogP contribution in [0, 0.1) is 0 Å². The van der Waals surface area contributed by atoms with E-state index in [9.17, 15) is 9.59 Å². The first-order chi connectivity index (χ1) is 13.3. The Balaban J connectivity index is 2.19. The molecule has 0 saturated heterocycles. The van der Waals surface area contributed by atoms with Gasteiger partial charge < -0.3 is 10.6 Å². The van der Waals surface area contributed by atoms with E-state index in [2.05, 4.69) is 10.1 Å². The lowest BCUT2D eigenvalue weighted by molar-refractivity contribution is 0.0815. The number of rotatable bonds is 5. The fourth-order valence-corrected chi connectivity index (χ4v) is 2.88. The molecule has 0 fully saturated rings. The van der Waals surface area contributed by atoms with Crippen molar-refractivity contribution in [2.24, 2.45) is 5.73 Å². The average Bonchev–Trinajstić information content (AvgIpc) is 3.12. The zero-order valence-corrected chi connectivity index (χ0v) is 16.5. The number of ketones is 1. The van der Waals surface area contributed by atoms with Gasteiger partial charge in [0.1, 0.15) is 5.82 Å². The molecule has 0 radical (unpaired) electrons. The van der Waals surface area contributed by atoms with Crippen LogP contribution in [0.5, 0.6) is 0 Å². The van der Waals surface area contributed by atoms with Crippen LogP contribution in [-0.4, -0.2) is 45.5 Å². The molecular weight excluding hydrogens is 378 g/mol. The Labute approximate surface area is 167 Å². The third-order valence-electron chi connectivity index (χ3n) is 4.10. The molecule has 1 aromatic heterocycles. The summed E-state index contributed by atoms with van der Waals surface area (Å²) in [5, 5.41) is 4.74. The molecule has 28 heavy (non-hydrogen) atoms. The molecule has 7 nitrogen and oxygen atoms in total. The number of nitrogens with two attached hydrogens (primary N) is 1. The van der Waals surface area contributed by atoms with Gasteiger partial charge in [-0.2, -0.15) is 0 Å². The summed E-state index contributed by atoms with van der Waals surface area (Å²) in [5.74, 6) is -0.199. The summed E-state index contributed by atoms with van der Waals surface area (Å²) in [5.41, 5.74) is 7.36. The van der Waals surface area contributed by atoms with E-state index in [-0.39, 0.29) is 17.5 Å². The number of hydrogen-bond donors (Lipinski definition) is 1. The third-order valence-corrected chi connectivity index (χ3v) is 4.34. The van der Waals surface area contributed by atoms with Gasteiger partial charge in [0, 0.05) is 30.2 Å². The van der Waals surface area contributed by atoms with E-state index in [1.54, 1.807) is 63.5 Å². The molecule has 0 saturated carbocycles. The Morgan fingerprint density at radius 3 is 2.43 bits per heavy atom. The molecule has 0 bridgehead atoms. The van der Waals surface area contributed by atoms with E-state index < -0.39 is 6.04 Å². The summed E-state index contributed by atoms with van der Waals surface area (Å²) >= 11 is 6.15. The first-order valence-electron chi connectivity index (χ1n) is 8.63. The lowest BCUT2D eigenvalue weighted by atomic mass is 10.0. The number of benzene rings is 2. The maximum atomic E-state index is 13.1. The smallest absolute Gasteiger partial charge is 0.293 e. The fraction of sp³-hybridized carbons (Fsp3) is 0.200. The first-order valence-corrected chi connectivity index (χ1v) is 9.01. The molecule has 144 valence electrons. The van der Waals surface area contributed by atoms with Gasteiger partial charge in [-0.05, 0) is 25.1 Å². The van der Waals surface area contributed by atoms with Gasteiger partial charge in [0.25, 0.3) is 5.91 Å². The second-order valence-electron chi connectivity index (χ2n) is 6.55. The predicted octanol–water partition coefficient (Wildman–Crippen LogP) is 2.87. The maximum Gasteiger partial charge on any atom is 0.293 e. The molecule has 1 amide bonds. The van der Waals surface area contributed by atoms with Crippen molar-refractivity contribution in [3.05, 3.63) is 76.3 Å². The first kappa shape index (κ1) is 19.7. The zero-order chi connectivity index (χ0) is 20.4. The standard InChI is InChI=1S/C20H20ClN5O2/c1-12(22)19-23-18(20(28)25(2)3)24-26(19)16-10-9-14(21)11-15(16)17(27)13-7-5-4-6-8-13/h4-12H,22H2,1-3H3. The quantitative estimate of drug-likeness (QED) is 0.668.